The van der Waals surface area contributed by atoms with Crippen LogP contribution >= 0.6 is 24.0 Å². The summed E-state index contributed by atoms with van der Waals surface area (Å²) in [5.41, 5.74) is 2.87. The standard InChI is InChI=1S/C21H24FN7.HI/c1-2-23-21(25-11-9-20-28-27-19-5-3-4-12-29(19)20)24-10-8-15-14-26-18-7-6-16(22)13-17(15)18;/h3-7,12-14,26H,2,8-11H2,1H3,(H2,23,24,25);1H. The zero-order valence-electron chi connectivity index (χ0n) is 16.7. The summed E-state index contributed by atoms with van der Waals surface area (Å²) in [6.45, 7) is 4.11. The first kappa shape index (κ1) is 22.0. The van der Waals surface area contributed by atoms with E-state index in [4.69, 9.17) is 0 Å². The van der Waals surface area contributed by atoms with E-state index in [1.807, 2.05) is 41.9 Å². The molecule has 3 heterocycles. The molecule has 0 unspecified atom stereocenters. The Morgan fingerprint density at radius 3 is 2.93 bits per heavy atom. The van der Waals surface area contributed by atoms with Gasteiger partial charge in [-0.2, -0.15) is 0 Å². The predicted molar refractivity (Wildman–Crippen MR) is 128 cm³/mol. The number of aromatic amines is 1. The summed E-state index contributed by atoms with van der Waals surface area (Å²) in [5, 5.41) is 15.9. The van der Waals surface area contributed by atoms with Crippen molar-refractivity contribution >= 4 is 46.5 Å². The molecule has 0 radical (unpaired) electrons. The van der Waals surface area contributed by atoms with E-state index in [0.717, 1.165) is 46.9 Å². The molecule has 0 fully saturated rings. The highest BCUT2D eigenvalue weighted by atomic mass is 127. The second kappa shape index (κ2) is 10.4. The minimum atomic E-state index is -0.220. The minimum absolute atomic E-state index is 0. The number of aliphatic imine (C=N–C) groups is 1. The molecular weight excluding hydrogens is 496 g/mol. The van der Waals surface area contributed by atoms with Gasteiger partial charge in [-0.05, 0) is 49.2 Å². The number of nitrogens with zero attached hydrogens (tertiary/aromatic N) is 4. The van der Waals surface area contributed by atoms with Crippen LogP contribution in [0.5, 0.6) is 0 Å². The number of nitrogens with one attached hydrogen (secondary N) is 3. The molecule has 3 aromatic heterocycles. The van der Waals surface area contributed by atoms with Gasteiger partial charge in [0.1, 0.15) is 11.6 Å². The quantitative estimate of drug-likeness (QED) is 0.198. The van der Waals surface area contributed by atoms with Gasteiger partial charge in [-0.3, -0.25) is 9.39 Å². The molecule has 30 heavy (non-hydrogen) atoms. The number of rotatable bonds is 7. The van der Waals surface area contributed by atoms with Crippen molar-refractivity contribution in [2.45, 2.75) is 19.8 Å². The smallest absolute Gasteiger partial charge is 0.191 e. The van der Waals surface area contributed by atoms with Crippen molar-refractivity contribution in [3.05, 3.63) is 66.0 Å². The molecule has 9 heteroatoms. The van der Waals surface area contributed by atoms with Crippen LogP contribution < -0.4 is 10.6 Å². The molecule has 1 aromatic carbocycles. The van der Waals surface area contributed by atoms with E-state index in [-0.39, 0.29) is 29.8 Å². The second-order valence-corrected chi connectivity index (χ2v) is 6.74. The monoisotopic (exact) mass is 521 g/mol. The zero-order valence-corrected chi connectivity index (χ0v) is 19.1. The lowest BCUT2D eigenvalue weighted by Crippen LogP contribution is -2.38. The molecule has 3 N–H and O–H groups in total. The molecule has 0 spiro atoms. The van der Waals surface area contributed by atoms with Crippen molar-refractivity contribution in [2.24, 2.45) is 4.99 Å². The lowest BCUT2D eigenvalue weighted by molar-refractivity contribution is 0.629. The van der Waals surface area contributed by atoms with Crippen molar-refractivity contribution in [3.8, 4) is 0 Å². The fourth-order valence-corrected chi connectivity index (χ4v) is 3.34. The maximum atomic E-state index is 13.5. The van der Waals surface area contributed by atoms with Gasteiger partial charge in [-0.15, -0.1) is 34.2 Å². The average molecular weight is 521 g/mol. The Morgan fingerprint density at radius 1 is 1.17 bits per heavy atom. The molecule has 0 bridgehead atoms. The van der Waals surface area contributed by atoms with Crippen LogP contribution in [-0.4, -0.2) is 45.2 Å². The van der Waals surface area contributed by atoms with E-state index >= 15 is 0 Å². The van der Waals surface area contributed by atoms with Gasteiger partial charge in [-0.1, -0.05) is 6.07 Å². The van der Waals surface area contributed by atoms with E-state index in [9.17, 15) is 4.39 Å². The molecule has 7 nitrogen and oxygen atoms in total. The first-order chi connectivity index (χ1) is 14.2. The number of hydrogen-bond donors (Lipinski definition) is 3. The van der Waals surface area contributed by atoms with E-state index in [2.05, 4.69) is 30.8 Å². The minimum Gasteiger partial charge on any atom is -0.361 e. The first-order valence-corrected chi connectivity index (χ1v) is 9.81. The third-order valence-electron chi connectivity index (χ3n) is 4.75. The van der Waals surface area contributed by atoms with Crippen LogP contribution in [0.15, 0.2) is 53.8 Å². The van der Waals surface area contributed by atoms with Crippen LogP contribution in [0.4, 0.5) is 4.39 Å². The van der Waals surface area contributed by atoms with E-state index < -0.39 is 0 Å². The van der Waals surface area contributed by atoms with Gasteiger partial charge in [0.2, 0.25) is 0 Å². The SMILES string of the molecule is CCNC(=NCCc1nnc2ccccn12)NCCc1c[nH]c2ccc(F)cc12.I. The van der Waals surface area contributed by atoms with Gasteiger partial charge in [0.05, 0.1) is 0 Å². The molecular formula is C21H25FIN7. The number of aromatic nitrogens is 4. The van der Waals surface area contributed by atoms with Gasteiger partial charge in [0, 0.05) is 49.4 Å². The largest absolute Gasteiger partial charge is 0.361 e. The average Bonchev–Trinajstić information content (AvgIpc) is 3.32. The number of hydrogen-bond acceptors (Lipinski definition) is 3. The summed E-state index contributed by atoms with van der Waals surface area (Å²) in [7, 11) is 0. The third-order valence-corrected chi connectivity index (χ3v) is 4.75. The zero-order chi connectivity index (χ0) is 20.1. The number of fused-ring (bicyclic) bond motifs is 2. The van der Waals surface area contributed by atoms with Crippen molar-refractivity contribution in [1.82, 2.24) is 30.2 Å². The van der Waals surface area contributed by atoms with Crippen molar-refractivity contribution in [2.75, 3.05) is 19.6 Å². The second-order valence-electron chi connectivity index (χ2n) is 6.74. The van der Waals surface area contributed by atoms with Crippen LogP contribution in [0.3, 0.4) is 0 Å². The summed E-state index contributed by atoms with van der Waals surface area (Å²) in [6.07, 6.45) is 5.36. The lowest BCUT2D eigenvalue weighted by Gasteiger charge is -2.11. The van der Waals surface area contributed by atoms with Gasteiger partial charge in [-0.25, -0.2) is 4.39 Å². The van der Waals surface area contributed by atoms with Crippen molar-refractivity contribution < 1.29 is 4.39 Å². The van der Waals surface area contributed by atoms with Gasteiger partial charge in [0.15, 0.2) is 11.6 Å². The van der Waals surface area contributed by atoms with E-state index in [1.54, 1.807) is 12.1 Å². The van der Waals surface area contributed by atoms with Crippen LogP contribution in [0.2, 0.25) is 0 Å². The van der Waals surface area contributed by atoms with E-state index in [1.165, 1.54) is 6.07 Å². The summed E-state index contributed by atoms with van der Waals surface area (Å²) in [6, 6.07) is 10.6. The maximum absolute atomic E-state index is 13.5. The Kier molecular flexibility index (Phi) is 7.61. The summed E-state index contributed by atoms with van der Waals surface area (Å²) < 4.78 is 15.5. The summed E-state index contributed by atoms with van der Waals surface area (Å²) >= 11 is 0. The van der Waals surface area contributed by atoms with Gasteiger partial charge >= 0.3 is 0 Å². The fraction of sp³-hybridized carbons (Fsp3) is 0.286. The molecule has 0 saturated heterocycles. The fourth-order valence-electron chi connectivity index (χ4n) is 3.34. The molecule has 0 amide bonds. The maximum Gasteiger partial charge on any atom is 0.191 e. The number of benzene rings is 1. The molecule has 0 aliphatic carbocycles. The molecule has 158 valence electrons. The predicted octanol–water partition coefficient (Wildman–Crippen LogP) is 3.31. The molecule has 0 aliphatic rings. The Morgan fingerprint density at radius 2 is 2.07 bits per heavy atom. The van der Waals surface area contributed by atoms with Crippen molar-refractivity contribution in [1.29, 1.82) is 0 Å². The topological polar surface area (TPSA) is 82.4 Å². The molecule has 0 saturated carbocycles. The molecule has 4 rings (SSSR count). The highest BCUT2D eigenvalue weighted by Gasteiger charge is 2.06. The Hall–Kier alpha value is -2.69. The molecule has 0 atom stereocenters. The Bertz CT molecular complexity index is 1130. The van der Waals surface area contributed by atoms with Gasteiger partial charge in [0.25, 0.3) is 0 Å². The Labute approximate surface area is 191 Å². The van der Waals surface area contributed by atoms with Gasteiger partial charge < -0.3 is 15.6 Å². The van der Waals surface area contributed by atoms with E-state index in [0.29, 0.717) is 19.5 Å². The number of guanidine groups is 1. The number of halogens is 2. The van der Waals surface area contributed by atoms with Crippen LogP contribution in [0.1, 0.15) is 18.3 Å². The van der Waals surface area contributed by atoms with Crippen molar-refractivity contribution in [3.63, 3.8) is 0 Å². The lowest BCUT2D eigenvalue weighted by atomic mass is 10.1. The molecule has 0 aliphatic heterocycles. The van der Waals surface area contributed by atoms with Crippen LogP contribution in [-0.2, 0) is 12.8 Å². The number of H-pyrrole nitrogens is 1. The summed E-state index contributed by atoms with van der Waals surface area (Å²) in [5.74, 6) is 1.43. The highest BCUT2D eigenvalue weighted by Crippen LogP contribution is 2.19. The third kappa shape index (κ3) is 5.07. The van der Waals surface area contributed by atoms with Crippen LogP contribution in [0, 0.1) is 5.82 Å². The van der Waals surface area contributed by atoms with Crippen LogP contribution in [0.25, 0.3) is 16.6 Å². The Balaban J connectivity index is 0.00000256. The highest BCUT2D eigenvalue weighted by molar-refractivity contribution is 14.0. The first-order valence-electron chi connectivity index (χ1n) is 9.81. The summed E-state index contributed by atoms with van der Waals surface area (Å²) in [4.78, 5) is 7.82. The normalized spacial score (nSPS) is 11.6. The number of pyridine rings is 1. The molecule has 4 aromatic rings.